The van der Waals surface area contributed by atoms with Crippen LogP contribution in [0.1, 0.15) is 15.9 Å². The first-order valence-electron chi connectivity index (χ1n) is 4.50. The molecule has 0 unspecified atom stereocenters. The van der Waals surface area contributed by atoms with Crippen molar-refractivity contribution in [3.05, 3.63) is 40.7 Å². The lowest BCUT2D eigenvalue weighted by Gasteiger charge is -2.03. The molecule has 4 nitrogen and oxygen atoms in total. The van der Waals surface area contributed by atoms with Crippen LogP contribution in [0.3, 0.4) is 0 Å². The van der Waals surface area contributed by atoms with E-state index in [-0.39, 0.29) is 5.56 Å². The second kappa shape index (κ2) is 4.36. The van der Waals surface area contributed by atoms with Crippen LogP contribution >= 0.6 is 11.3 Å². The van der Waals surface area contributed by atoms with Crippen LogP contribution < -0.4 is 5.32 Å². The standard InChI is InChI=1S/C10H8FN3OS/c1-6-2-3-8(11)7(4-6)9(15)13-10-14-12-5-16-10/h2-5H,1H3,(H,13,14,15). The van der Waals surface area contributed by atoms with Gasteiger partial charge in [-0.15, -0.1) is 10.2 Å². The molecule has 0 saturated carbocycles. The van der Waals surface area contributed by atoms with Crippen molar-refractivity contribution in [3.63, 3.8) is 0 Å². The molecule has 6 heteroatoms. The van der Waals surface area contributed by atoms with Crippen molar-refractivity contribution in [1.29, 1.82) is 0 Å². The van der Waals surface area contributed by atoms with Crippen LogP contribution in [0.2, 0.25) is 0 Å². The summed E-state index contributed by atoms with van der Waals surface area (Å²) in [6.07, 6.45) is 0. The van der Waals surface area contributed by atoms with Crippen LogP contribution in [0.15, 0.2) is 23.7 Å². The van der Waals surface area contributed by atoms with Gasteiger partial charge >= 0.3 is 0 Å². The minimum Gasteiger partial charge on any atom is -0.296 e. The lowest BCUT2D eigenvalue weighted by atomic mass is 10.1. The van der Waals surface area contributed by atoms with Gasteiger partial charge < -0.3 is 0 Å². The third-order valence-electron chi connectivity index (χ3n) is 1.95. The third kappa shape index (κ3) is 2.22. The van der Waals surface area contributed by atoms with E-state index in [1.807, 2.05) is 0 Å². The van der Waals surface area contributed by atoms with Crippen molar-refractivity contribution in [2.75, 3.05) is 5.32 Å². The minimum atomic E-state index is -0.549. The molecular weight excluding hydrogens is 229 g/mol. The molecule has 0 aliphatic rings. The maximum atomic E-state index is 13.4. The number of hydrogen-bond donors (Lipinski definition) is 1. The second-order valence-corrected chi connectivity index (χ2v) is 4.01. The van der Waals surface area contributed by atoms with E-state index in [4.69, 9.17) is 0 Å². The highest BCUT2D eigenvalue weighted by Gasteiger charge is 2.12. The summed E-state index contributed by atoms with van der Waals surface area (Å²) in [5.74, 6) is -1.06. The largest absolute Gasteiger partial charge is 0.296 e. The molecule has 1 heterocycles. The van der Waals surface area contributed by atoms with Gasteiger partial charge in [0.05, 0.1) is 5.56 Å². The number of hydrogen-bond acceptors (Lipinski definition) is 4. The Morgan fingerprint density at radius 2 is 2.31 bits per heavy atom. The van der Waals surface area contributed by atoms with E-state index in [1.165, 1.54) is 29.0 Å². The van der Waals surface area contributed by atoms with E-state index >= 15 is 0 Å². The van der Waals surface area contributed by atoms with E-state index in [9.17, 15) is 9.18 Å². The normalized spacial score (nSPS) is 10.1. The van der Waals surface area contributed by atoms with E-state index in [1.54, 1.807) is 13.0 Å². The van der Waals surface area contributed by atoms with Crippen LogP contribution in [0.4, 0.5) is 9.52 Å². The molecule has 0 radical (unpaired) electrons. The Kier molecular flexibility index (Phi) is 2.91. The molecule has 0 bridgehead atoms. The van der Waals surface area contributed by atoms with Gasteiger partial charge in [-0.25, -0.2) is 4.39 Å². The van der Waals surface area contributed by atoms with E-state index in [0.29, 0.717) is 5.13 Å². The van der Waals surface area contributed by atoms with Crippen molar-refractivity contribution in [2.24, 2.45) is 0 Å². The molecule has 0 spiro atoms. The fourth-order valence-corrected chi connectivity index (χ4v) is 1.65. The molecule has 82 valence electrons. The van der Waals surface area contributed by atoms with Gasteiger partial charge in [-0.2, -0.15) is 0 Å². The Morgan fingerprint density at radius 1 is 1.50 bits per heavy atom. The zero-order valence-electron chi connectivity index (χ0n) is 8.40. The number of nitrogens with zero attached hydrogens (tertiary/aromatic N) is 2. The van der Waals surface area contributed by atoms with Gasteiger partial charge in [0.25, 0.3) is 5.91 Å². The number of carbonyl (C=O) groups excluding carboxylic acids is 1. The average molecular weight is 237 g/mol. The predicted molar refractivity (Wildman–Crippen MR) is 59.0 cm³/mol. The van der Waals surface area contributed by atoms with Crippen molar-refractivity contribution in [2.45, 2.75) is 6.92 Å². The number of halogens is 1. The van der Waals surface area contributed by atoms with Gasteiger partial charge in [-0.3, -0.25) is 10.1 Å². The SMILES string of the molecule is Cc1ccc(F)c(C(=O)Nc2nncs2)c1. The highest BCUT2D eigenvalue weighted by molar-refractivity contribution is 7.13. The number of carbonyl (C=O) groups is 1. The smallest absolute Gasteiger partial charge is 0.260 e. The highest BCUT2D eigenvalue weighted by atomic mass is 32.1. The molecule has 0 aliphatic carbocycles. The number of aromatic nitrogens is 2. The van der Waals surface area contributed by atoms with Crippen LogP contribution in [0, 0.1) is 12.7 Å². The molecular formula is C10H8FN3OS. The summed E-state index contributed by atoms with van der Waals surface area (Å²) in [5.41, 5.74) is 2.32. The van der Waals surface area contributed by atoms with Crippen LogP contribution in [0.25, 0.3) is 0 Å². The molecule has 2 aromatic rings. The summed E-state index contributed by atoms with van der Waals surface area (Å²) in [6.45, 7) is 1.79. The third-order valence-corrected chi connectivity index (χ3v) is 2.55. The fourth-order valence-electron chi connectivity index (χ4n) is 1.21. The molecule has 1 N–H and O–H groups in total. The quantitative estimate of drug-likeness (QED) is 0.871. The van der Waals surface area contributed by atoms with Crippen molar-refractivity contribution in [1.82, 2.24) is 10.2 Å². The number of benzene rings is 1. The van der Waals surface area contributed by atoms with Gasteiger partial charge in [0, 0.05) is 0 Å². The van der Waals surface area contributed by atoms with Gasteiger partial charge in [0.2, 0.25) is 5.13 Å². The summed E-state index contributed by atoms with van der Waals surface area (Å²) in [4.78, 5) is 11.7. The first kappa shape index (κ1) is 10.7. The zero-order chi connectivity index (χ0) is 11.5. The Bertz CT molecular complexity index is 513. The van der Waals surface area contributed by atoms with Crippen molar-refractivity contribution < 1.29 is 9.18 Å². The molecule has 0 atom stereocenters. The number of rotatable bonds is 2. The number of nitrogens with one attached hydrogen (secondary N) is 1. The summed E-state index contributed by atoms with van der Waals surface area (Å²) in [7, 11) is 0. The first-order chi connectivity index (χ1) is 7.66. The van der Waals surface area contributed by atoms with Crippen LogP contribution in [-0.2, 0) is 0 Å². The van der Waals surface area contributed by atoms with Gasteiger partial charge in [-0.1, -0.05) is 23.0 Å². The predicted octanol–water partition coefficient (Wildman–Crippen LogP) is 2.24. The lowest BCUT2D eigenvalue weighted by Crippen LogP contribution is -2.13. The maximum absolute atomic E-state index is 13.4. The van der Waals surface area contributed by atoms with Crippen LogP contribution in [-0.4, -0.2) is 16.1 Å². The van der Waals surface area contributed by atoms with Crippen molar-refractivity contribution >= 4 is 22.4 Å². The highest BCUT2D eigenvalue weighted by Crippen LogP contribution is 2.14. The molecule has 1 amide bonds. The number of anilines is 1. The van der Waals surface area contributed by atoms with Gasteiger partial charge in [0.15, 0.2) is 0 Å². The monoisotopic (exact) mass is 237 g/mol. The summed E-state index contributed by atoms with van der Waals surface area (Å²) >= 11 is 1.18. The minimum absolute atomic E-state index is 0.00944. The first-order valence-corrected chi connectivity index (χ1v) is 5.38. The second-order valence-electron chi connectivity index (χ2n) is 3.18. The summed E-state index contributed by atoms with van der Waals surface area (Å²) in [5, 5.41) is 10.0. The molecule has 1 aromatic carbocycles. The zero-order valence-corrected chi connectivity index (χ0v) is 9.21. The lowest BCUT2D eigenvalue weighted by molar-refractivity contribution is 0.102. The topological polar surface area (TPSA) is 54.9 Å². The van der Waals surface area contributed by atoms with E-state index in [0.717, 1.165) is 5.56 Å². The van der Waals surface area contributed by atoms with E-state index < -0.39 is 11.7 Å². The summed E-state index contributed by atoms with van der Waals surface area (Å²) < 4.78 is 13.4. The molecule has 0 saturated heterocycles. The van der Waals surface area contributed by atoms with Gasteiger partial charge in [-0.05, 0) is 19.1 Å². The molecule has 1 aromatic heterocycles. The van der Waals surface area contributed by atoms with Crippen molar-refractivity contribution in [3.8, 4) is 0 Å². The molecule has 2 rings (SSSR count). The molecule has 0 fully saturated rings. The Labute approximate surface area is 95.1 Å². The number of aryl methyl sites for hydroxylation is 1. The molecule has 16 heavy (non-hydrogen) atoms. The van der Waals surface area contributed by atoms with Gasteiger partial charge in [0.1, 0.15) is 11.3 Å². The van der Waals surface area contributed by atoms with E-state index in [2.05, 4.69) is 15.5 Å². The average Bonchev–Trinajstić information content (AvgIpc) is 2.74. The van der Waals surface area contributed by atoms with Crippen LogP contribution in [0.5, 0.6) is 0 Å². The Balaban J connectivity index is 2.24. The number of amides is 1. The molecule has 0 aliphatic heterocycles. The maximum Gasteiger partial charge on any atom is 0.260 e. The Hall–Kier alpha value is -1.82. The Morgan fingerprint density at radius 3 is 3.00 bits per heavy atom. The fraction of sp³-hybridized carbons (Fsp3) is 0.100. The summed E-state index contributed by atoms with van der Waals surface area (Å²) in [6, 6.07) is 4.37.